The van der Waals surface area contributed by atoms with Crippen molar-refractivity contribution in [3.8, 4) is 0 Å². The first-order valence-corrected chi connectivity index (χ1v) is 6.69. The molecule has 1 N–H and O–H groups in total. The van der Waals surface area contributed by atoms with E-state index in [9.17, 15) is 0 Å². The maximum absolute atomic E-state index is 4.56. The minimum Gasteiger partial charge on any atom is -0.352 e. The largest absolute Gasteiger partial charge is 0.352 e. The van der Waals surface area contributed by atoms with E-state index in [4.69, 9.17) is 0 Å². The second kappa shape index (κ2) is 5.65. The molecule has 1 aromatic rings. The standard InChI is InChI=1S/C13H18BrN3/c1-10-3-5-17(6-4-10)13-11(8-15-2)7-12(14)9-16-13/h3,7,9,15H,4-6,8H2,1-2H3. The van der Waals surface area contributed by atoms with Crippen LogP contribution in [0.15, 0.2) is 28.4 Å². The predicted octanol–water partition coefficient (Wildman–Crippen LogP) is 2.72. The third-order valence-electron chi connectivity index (χ3n) is 3.01. The molecular weight excluding hydrogens is 278 g/mol. The number of pyridine rings is 1. The van der Waals surface area contributed by atoms with Crippen molar-refractivity contribution in [2.24, 2.45) is 0 Å². The first-order valence-electron chi connectivity index (χ1n) is 5.90. The average molecular weight is 296 g/mol. The van der Waals surface area contributed by atoms with Crippen molar-refractivity contribution in [3.05, 3.63) is 33.9 Å². The van der Waals surface area contributed by atoms with Crippen molar-refractivity contribution < 1.29 is 0 Å². The van der Waals surface area contributed by atoms with Crippen LogP contribution < -0.4 is 10.2 Å². The lowest BCUT2D eigenvalue weighted by atomic mass is 10.1. The minimum atomic E-state index is 0.848. The number of hydrogen-bond donors (Lipinski definition) is 1. The molecule has 1 aliphatic heterocycles. The number of nitrogens with zero attached hydrogens (tertiary/aromatic N) is 2. The van der Waals surface area contributed by atoms with Crippen LogP contribution in [0.3, 0.4) is 0 Å². The van der Waals surface area contributed by atoms with Crippen LogP contribution >= 0.6 is 15.9 Å². The number of rotatable bonds is 3. The maximum Gasteiger partial charge on any atom is 0.133 e. The van der Waals surface area contributed by atoms with Gasteiger partial charge in [0.1, 0.15) is 5.82 Å². The Labute approximate surface area is 111 Å². The van der Waals surface area contributed by atoms with Gasteiger partial charge >= 0.3 is 0 Å². The van der Waals surface area contributed by atoms with E-state index in [-0.39, 0.29) is 0 Å². The Morgan fingerprint density at radius 3 is 3.00 bits per heavy atom. The van der Waals surface area contributed by atoms with Crippen molar-refractivity contribution in [1.29, 1.82) is 0 Å². The number of anilines is 1. The fourth-order valence-electron chi connectivity index (χ4n) is 2.04. The van der Waals surface area contributed by atoms with E-state index in [1.54, 1.807) is 0 Å². The van der Waals surface area contributed by atoms with Gasteiger partial charge in [0.05, 0.1) is 0 Å². The molecule has 0 atom stereocenters. The molecule has 1 aliphatic rings. The molecular formula is C13H18BrN3. The fourth-order valence-corrected chi connectivity index (χ4v) is 2.42. The second-order valence-electron chi connectivity index (χ2n) is 4.41. The van der Waals surface area contributed by atoms with Crippen molar-refractivity contribution >= 4 is 21.7 Å². The zero-order valence-electron chi connectivity index (χ0n) is 10.3. The molecule has 4 heteroatoms. The Morgan fingerprint density at radius 2 is 2.35 bits per heavy atom. The number of aromatic nitrogens is 1. The van der Waals surface area contributed by atoms with Crippen LogP contribution in [0.1, 0.15) is 18.9 Å². The highest BCUT2D eigenvalue weighted by Crippen LogP contribution is 2.24. The van der Waals surface area contributed by atoms with Crippen molar-refractivity contribution in [1.82, 2.24) is 10.3 Å². The van der Waals surface area contributed by atoms with E-state index in [2.05, 4.69) is 50.2 Å². The van der Waals surface area contributed by atoms with E-state index < -0.39 is 0 Å². The molecule has 0 radical (unpaired) electrons. The van der Waals surface area contributed by atoms with Crippen LogP contribution in [0.5, 0.6) is 0 Å². The van der Waals surface area contributed by atoms with Gasteiger partial charge < -0.3 is 10.2 Å². The molecule has 17 heavy (non-hydrogen) atoms. The molecule has 2 rings (SSSR count). The van der Waals surface area contributed by atoms with Crippen LogP contribution in [0.4, 0.5) is 5.82 Å². The second-order valence-corrected chi connectivity index (χ2v) is 5.33. The van der Waals surface area contributed by atoms with Crippen LogP contribution in [0, 0.1) is 0 Å². The van der Waals surface area contributed by atoms with Crippen molar-refractivity contribution in [2.45, 2.75) is 19.9 Å². The van der Waals surface area contributed by atoms with Crippen LogP contribution in [-0.4, -0.2) is 25.1 Å². The summed E-state index contributed by atoms with van der Waals surface area (Å²) in [5.41, 5.74) is 2.73. The van der Waals surface area contributed by atoms with Gasteiger partial charge in [-0.1, -0.05) is 11.6 Å². The third-order valence-corrected chi connectivity index (χ3v) is 3.45. The summed E-state index contributed by atoms with van der Waals surface area (Å²) in [6.45, 7) is 5.08. The summed E-state index contributed by atoms with van der Waals surface area (Å²) in [4.78, 5) is 6.89. The molecule has 0 bridgehead atoms. The highest BCUT2D eigenvalue weighted by molar-refractivity contribution is 9.10. The molecule has 92 valence electrons. The molecule has 1 aromatic heterocycles. The smallest absolute Gasteiger partial charge is 0.133 e. The van der Waals surface area contributed by atoms with Crippen LogP contribution in [0.25, 0.3) is 0 Å². The van der Waals surface area contributed by atoms with E-state index in [1.165, 1.54) is 11.1 Å². The minimum absolute atomic E-state index is 0.848. The lowest BCUT2D eigenvalue weighted by molar-refractivity contribution is 0.750. The first-order chi connectivity index (χ1) is 8.20. The summed E-state index contributed by atoms with van der Waals surface area (Å²) in [7, 11) is 1.96. The quantitative estimate of drug-likeness (QED) is 0.869. The zero-order chi connectivity index (χ0) is 12.3. The van der Waals surface area contributed by atoms with E-state index in [0.717, 1.165) is 36.3 Å². The Morgan fingerprint density at radius 1 is 1.53 bits per heavy atom. The normalized spacial score (nSPS) is 15.9. The molecule has 0 spiro atoms. The van der Waals surface area contributed by atoms with E-state index in [1.807, 2.05) is 13.2 Å². The summed E-state index contributed by atoms with van der Waals surface area (Å²) in [5.74, 6) is 1.10. The van der Waals surface area contributed by atoms with Gasteiger partial charge in [-0.3, -0.25) is 0 Å². The molecule has 0 saturated heterocycles. The van der Waals surface area contributed by atoms with Gasteiger partial charge in [0, 0.05) is 35.9 Å². The van der Waals surface area contributed by atoms with E-state index in [0.29, 0.717) is 0 Å². The Bertz CT molecular complexity index is 429. The molecule has 0 unspecified atom stereocenters. The number of nitrogens with one attached hydrogen (secondary N) is 1. The van der Waals surface area contributed by atoms with Crippen molar-refractivity contribution in [2.75, 3.05) is 25.0 Å². The molecule has 3 nitrogen and oxygen atoms in total. The number of hydrogen-bond acceptors (Lipinski definition) is 3. The van der Waals surface area contributed by atoms with Gasteiger partial charge in [0.2, 0.25) is 0 Å². The Hall–Kier alpha value is -0.870. The van der Waals surface area contributed by atoms with Gasteiger partial charge in [-0.15, -0.1) is 0 Å². The van der Waals surface area contributed by atoms with Gasteiger partial charge in [0.25, 0.3) is 0 Å². The Balaban J connectivity index is 2.25. The molecule has 2 heterocycles. The highest BCUT2D eigenvalue weighted by Gasteiger charge is 2.15. The monoisotopic (exact) mass is 295 g/mol. The average Bonchev–Trinajstić information content (AvgIpc) is 2.31. The van der Waals surface area contributed by atoms with Crippen LogP contribution in [0.2, 0.25) is 0 Å². The highest BCUT2D eigenvalue weighted by atomic mass is 79.9. The van der Waals surface area contributed by atoms with Gasteiger partial charge in [-0.2, -0.15) is 0 Å². The summed E-state index contributed by atoms with van der Waals surface area (Å²) in [5, 5.41) is 3.20. The molecule has 0 saturated carbocycles. The van der Waals surface area contributed by atoms with Gasteiger partial charge in [-0.05, 0) is 42.4 Å². The molecule has 0 aromatic carbocycles. The van der Waals surface area contributed by atoms with Gasteiger partial charge in [-0.25, -0.2) is 4.98 Å². The lowest BCUT2D eigenvalue weighted by Crippen LogP contribution is -2.30. The van der Waals surface area contributed by atoms with E-state index >= 15 is 0 Å². The predicted molar refractivity (Wildman–Crippen MR) is 75.3 cm³/mol. The number of halogens is 1. The SMILES string of the molecule is CNCc1cc(Br)cnc1N1CC=C(C)CC1. The maximum atomic E-state index is 4.56. The molecule has 0 amide bonds. The Kier molecular flexibility index (Phi) is 4.18. The lowest BCUT2D eigenvalue weighted by Gasteiger charge is -2.28. The summed E-state index contributed by atoms with van der Waals surface area (Å²) in [6.07, 6.45) is 5.30. The topological polar surface area (TPSA) is 28.2 Å². The van der Waals surface area contributed by atoms with Crippen molar-refractivity contribution in [3.63, 3.8) is 0 Å². The summed E-state index contributed by atoms with van der Waals surface area (Å²) < 4.78 is 1.04. The van der Waals surface area contributed by atoms with Crippen LogP contribution in [-0.2, 0) is 6.54 Å². The first kappa shape index (κ1) is 12.6. The molecule has 0 fully saturated rings. The van der Waals surface area contributed by atoms with Gasteiger partial charge in [0.15, 0.2) is 0 Å². The summed E-state index contributed by atoms with van der Waals surface area (Å²) in [6, 6.07) is 2.14. The fraction of sp³-hybridized carbons (Fsp3) is 0.462. The summed E-state index contributed by atoms with van der Waals surface area (Å²) >= 11 is 3.48. The molecule has 0 aliphatic carbocycles. The zero-order valence-corrected chi connectivity index (χ0v) is 11.9. The third kappa shape index (κ3) is 3.07.